The van der Waals surface area contributed by atoms with E-state index in [2.05, 4.69) is 0 Å². The topological polar surface area (TPSA) is 68.2 Å². The van der Waals surface area contributed by atoms with Gasteiger partial charge >= 0.3 is 12.3 Å². The number of hydrogen-bond acceptors (Lipinski definition) is 5. The first-order valence-electron chi connectivity index (χ1n) is 8.90. The van der Waals surface area contributed by atoms with E-state index in [1.54, 1.807) is 20.8 Å². The number of carbonyl (C=O) groups excluding carboxylic acids is 1. The molecule has 2 atom stereocenters. The minimum atomic E-state index is -4.97. The van der Waals surface area contributed by atoms with Gasteiger partial charge in [0.05, 0.1) is 39.0 Å². The van der Waals surface area contributed by atoms with Crippen LogP contribution in [0.1, 0.15) is 26.3 Å². The van der Waals surface area contributed by atoms with E-state index in [9.17, 15) is 23.1 Å². The number of ether oxygens (including phenoxy) is 3. The fraction of sp³-hybridized carbons (Fsp3) is 0.632. The third kappa shape index (κ3) is 6.35. The molecular weight excluding hydrogens is 379 g/mol. The van der Waals surface area contributed by atoms with Crippen LogP contribution in [0.2, 0.25) is 0 Å². The molecule has 1 amide bonds. The molecule has 0 spiro atoms. The van der Waals surface area contributed by atoms with Crippen molar-refractivity contribution in [3.8, 4) is 0 Å². The number of aliphatic hydroxyl groups is 1. The Kier molecular flexibility index (Phi) is 6.95. The minimum Gasteiger partial charge on any atom is -0.444 e. The summed E-state index contributed by atoms with van der Waals surface area (Å²) in [4.78, 5) is 13.2. The number of benzene rings is 1. The SMILES string of the molecule is CC(C)(C)OC(=O)N1C[C@@H](COCc2ccccc2)OCC(O)(C(F)(F)F)C1. The zero-order valence-electron chi connectivity index (χ0n) is 16.2. The fourth-order valence-corrected chi connectivity index (χ4v) is 2.60. The highest BCUT2D eigenvalue weighted by molar-refractivity contribution is 5.68. The second-order valence-corrected chi connectivity index (χ2v) is 7.82. The molecule has 1 fully saturated rings. The first kappa shape index (κ1) is 22.4. The van der Waals surface area contributed by atoms with Crippen LogP contribution in [-0.4, -0.2) is 65.9 Å². The standard InChI is InChI=1S/C19H26F3NO5/c1-17(2,3)28-16(24)23-9-15(11-26-10-14-7-5-4-6-8-14)27-13-18(25,12-23)19(20,21)22/h4-8,15,25H,9-13H2,1-3H3/t15-,18?/m0/s1. The largest absolute Gasteiger partial charge is 0.444 e. The molecular formula is C19H26F3NO5. The highest BCUT2D eigenvalue weighted by atomic mass is 19.4. The summed E-state index contributed by atoms with van der Waals surface area (Å²) < 4.78 is 56.0. The minimum absolute atomic E-state index is 0.0396. The van der Waals surface area contributed by atoms with Crippen molar-refractivity contribution >= 4 is 6.09 Å². The Morgan fingerprint density at radius 1 is 1.29 bits per heavy atom. The number of carbonyl (C=O) groups is 1. The van der Waals surface area contributed by atoms with Crippen molar-refractivity contribution in [3.63, 3.8) is 0 Å². The van der Waals surface area contributed by atoms with Crippen LogP contribution in [0.4, 0.5) is 18.0 Å². The van der Waals surface area contributed by atoms with Crippen molar-refractivity contribution in [2.75, 3.05) is 26.3 Å². The number of rotatable bonds is 4. The number of alkyl halides is 3. The average Bonchev–Trinajstić information content (AvgIpc) is 2.74. The fourth-order valence-electron chi connectivity index (χ4n) is 2.60. The molecule has 1 aromatic rings. The molecule has 0 saturated carbocycles. The van der Waals surface area contributed by atoms with Crippen LogP contribution in [0.5, 0.6) is 0 Å². The highest BCUT2D eigenvalue weighted by Crippen LogP contribution is 2.34. The predicted octanol–water partition coefficient (Wildman–Crippen LogP) is 3.13. The van der Waals surface area contributed by atoms with Gasteiger partial charge in [0.25, 0.3) is 0 Å². The Morgan fingerprint density at radius 2 is 1.93 bits per heavy atom. The van der Waals surface area contributed by atoms with Gasteiger partial charge in [-0.15, -0.1) is 0 Å². The number of hydrogen-bond donors (Lipinski definition) is 1. The molecule has 0 aliphatic carbocycles. The monoisotopic (exact) mass is 405 g/mol. The Morgan fingerprint density at radius 3 is 2.50 bits per heavy atom. The maximum atomic E-state index is 13.3. The summed E-state index contributed by atoms with van der Waals surface area (Å²) in [5.74, 6) is 0. The summed E-state index contributed by atoms with van der Waals surface area (Å²) in [6, 6.07) is 9.24. The lowest BCUT2D eigenvalue weighted by atomic mass is 10.0. The van der Waals surface area contributed by atoms with E-state index in [1.165, 1.54) is 0 Å². The Labute approximate surface area is 162 Å². The van der Waals surface area contributed by atoms with Crippen LogP contribution in [0.15, 0.2) is 30.3 Å². The predicted molar refractivity (Wildman–Crippen MR) is 94.6 cm³/mol. The van der Waals surface area contributed by atoms with E-state index in [0.29, 0.717) is 0 Å². The van der Waals surface area contributed by atoms with Crippen molar-refractivity contribution < 1.29 is 37.3 Å². The lowest BCUT2D eigenvalue weighted by molar-refractivity contribution is -0.275. The molecule has 1 saturated heterocycles. The van der Waals surface area contributed by atoms with E-state index < -0.39 is 42.7 Å². The van der Waals surface area contributed by atoms with Crippen molar-refractivity contribution in [1.29, 1.82) is 0 Å². The lowest BCUT2D eigenvalue weighted by Crippen LogP contribution is -2.56. The smallest absolute Gasteiger partial charge is 0.421 e. The summed E-state index contributed by atoms with van der Waals surface area (Å²) in [6.45, 7) is 2.87. The van der Waals surface area contributed by atoms with Crippen LogP contribution in [-0.2, 0) is 20.8 Å². The molecule has 6 nitrogen and oxygen atoms in total. The van der Waals surface area contributed by atoms with E-state index in [0.717, 1.165) is 10.5 Å². The van der Waals surface area contributed by atoms with Gasteiger partial charge in [0.15, 0.2) is 0 Å². The number of amides is 1. The molecule has 1 aromatic carbocycles. The van der Waals surface area contributed by atoms with Gasteiger partial charge < -0.3 is 24.2 Å². The summed E-state index contributed by atoms with van der Waals surface area (Å²) in [7, 11) is 0. The Bertz CT molecular complexity index is 647. The molecule has 2 rings (SSSR count). The molecule has 1 aliphatic heterocycles. The zero-order valence-corrected chi connectivity index (χ0v) is 16.2. The quantitative estimate of drug-likeness (QED) is 0.834. The molecule has 158 valence electrons. The van der Waals surface area contributed by atoms with Gasteiger partial charge in [0.1, 0.15) is 5.60 Å². The van der Waals surface area contributed by atoms with Crippen LogP contribution >= 0.6 is 0 Å². The third-order valence-electron chi connectivity index (χ3n) is 4.03. The van der Waals surface area contributed by atoms with Gasteiger partial charge in [-0.25, -0.2) is 4.79 Å². The van der Waals surface area contributed by atoms with Crippen LogP contribution < -0.4 is 0 Å². The lowest BCUT2D eigenvalue weighted by Gasteiger charge is -2.33. The summed E-state index contributed by atoms with van der Waals surface area (Å²) in [5, 5.41) is 10.1. The van der Waals surface area contributed by atoms with Gasteiger partial charge in [-0.1, -0.05) is 30.3 Å². The van der Waals surface area contributed by atoms with E-state index in [1.807, 2.05) is 30.3 Å². The number of nitrogens with zero attached hydrogens (tertiary/aromatic N) is 1. The highest BCUT2D eigenvalue weighted by Gasteiger charge is 2.57. The van der Waals surface area contributed by atoms with Crippen LogP contribution in [0, 0.1) is 0 Å². The van der Waals surface area contributed by atoms with Crippen molar-refractivity contribution in [3.05, 3.63) is 35.9 Å². The first-order valence-corrected chi connectivity index (χ1v) is 8.90. The van der Waals surface area contributed by atoms with Gasteiger partial charge in [0.2, 0.25) is 5.60 Å². The van der Waals surface area contributed by atoms with Gasteiger partial charge in [-0.3, -0.25) is 0 Å². The number of β-amino-alcohol motifs (C(OH)–C–C–N with tert-alkyl or cyclic N) is 1. The Balaban J connectivity index is 2.07. The van der Waals surface area contributed by atoms with Gasteiger partial charge in [0, 0.05) is 0 Å². The Hall–Kier alpha value is -1.84. The van der Waals surface area contributed by atoms with Crippen LogP contribution in [0.25, 0.3) is 0 Å². The molecule has 28 heavy (non-hydrogen) atoms. The van der Waals surface area contributed by atoms with Crippen molar-refractivity contribution in [2.45, 2.75) is 50.9 Å². The van der Waals surface area contributed by atoms with E-state index in [4.69, 9.17) is 14.2 Å². The van der Waals surface area contributed by atoms with Crippen molar-refractivity contribution in [2.24, 2.45) is 0 Å². The van der Waals surface area contributed by atoms with Crippen molar-refractivity contribution in [1.82, 2.24) is 4.90 Å². The summed E-state index contributed by atoms with van der Waals surface area (Å²) in [5.41, 5.74) is -3.18. The molecule has 1 unspecified atom stereocenters. The molecule has 0 aromatic heterocycles. The normalized spacial score (nSPS) is 24.0. The van der Waals surface area contributed by atoms with Crippen LogP contribution in [0.3, 0.4) is 0 Å². The molecule has 1 N–H and O–H groups in total. The second kappa shape index (κ2) is 8.67. The molecule has 0 bridgehead atoms. The first-order chi connectivity index (χ1) is 12.9. The molecule has 1 heterocycles. The average molecular weight is 405 g/mol. The molecule has 9 heteroatoms. The second-order valence-electron chi connectivity index (χ2n) is 7.82. The van der Waals surface area contributed by atoms with Gasteiger partial charge in [-0.05, 0) is 26.3 Å². The maximum Gasteiger partial charge on any atom is 0.421 e. The zero-order chi connectivity index (χ0) is 21.0. The summed E-state index contributed by atoms with van der Waals surface area (Å²) in [6.07, 6.45) is -6.76. The van der Waals surface area contributed by atoms with E-state index in [-0.39, 0.29) is 19.8 Å². The molecule has 0 radical (unpaired) electrons. The summed E-state index contributed by atoms with van der Waals surface area (Å²) >= 11 is 0. The van der Waals surface area contributed by atoms with E-state index >= 15 is 0 Å². The molecule has 1 aliphatic rings. The number of halogens is 3. The third-order valence-corrected chi connectivity index (χ3v) is 4.03. The maximum absolute atomic E-state index is 13.3. The van der Waals surface area contributed by atoms with Gasteiger partial charge in [-0.2, -0.15) is 13.2 Å².